The third kappa shape index (κ3) is 3.12. The molecule has 1 amide bonds. The summed E-state index contributed by atoms with van der Waals surface area (Å²) < 4.78 is 0. The zero-order chi connectivity index (χ0) is 12.0. The van der Waals surface area contributed by atoms with Gasteiger partial charge in [0.15, 0.2) is 0 Å². The third-order valence-corrected chi connectivity index (χ3v) is 3.12. The molecule has 1 aliphatic rings. The predicted octanol–water partition coefficient (Wildman–Crippen LogP) is 1.14. The van der Waals surface area contributed by atoms with E-state index in [1.54, 1.807) is 7.05 Å². The molecule has 0 spiro atoms. The van der Waals surface area contributed by atoms with Gasteiger partial charge in [-0.15, -0.1) is 0 Å². The second kappa shape index (κ2) is 5.72. The van der Waals surface area contributed by atoms with Crippen LogP contribution in [0, 0.1) is 5.41 Å². The molecule has 1 heterocycles. The van der Waals surface area contributed by atoms with Crippen LogP contribution in [0.1, 0.15) is 19.8 Å². The van der Waals surface area contributed by atoms with Gasteiger partial charge in [-0.1, -0.05) is 5.11 Å². The van der Waals surface area contributed by atoms with Crippen LogP contribution in [0.15, 0.2) is 5.11 Å². The van der Waals surface area contributed by atoms with Gasteiger partial charge in [0.2, 0.25) is 5.91 Å². The molecule has 0 aromatic heterocycles. The molecule has 1 atom stereocenters. The predicted molar refractivity (Wildman–Crippen MR) is 61.9 cm³/mol. The Balaban J connectivity index is 2.34. The molecule has 1 rings (SSSR count). The van der Waals surface area contributed by atoms with E-state index in [2.05, 4.69) is 20.2 Å². The average Bonchev–Trinajstić information content (AvgIpc) is 2.67. The van der Waals surface area contributed by atoms with Gasteiger partial charge in [0.05, 0.1) is 5.41 Å². The first-order valence-electron chi connectivity index (χ1n) is 5.58. The van der Waals surface area contributed by atoms with E-state index in [1.165, 1.54) is 0 Å². The van der Waals surface area contributed by atoms with Crippen molar-refractivity contribution >= 4 is 5.91 Å². The minimum absolute atomic E-state index is 0.116. The molecule has 0 aromatic rings. The van der Waals surface area contributed by atoms with Crippen molar-refractivity contribution in [1.29, 1.82) is 0 Å². The van der Waals surface area contributed by atoms with E-state index in [4.69, 9.17) is 5.53 Å². The number of hydrogen-bond acceptors (Lipinski definition) is 3. The fourth-order valence-electron chi connectivity index (χ4n) is 2.14. The summed E-state index contributed by atoms with van der Waals surface area (Å²) in [6.07, 6.45) is 1.75. The van der Waals surface area contributed by atoms with Crippen LogP contribution in [0.5, 0.6) is 0 Å². The topological polar surface area (TPSA) is 81.1 Å². The van der Waals surface area contributed by atoms with Gasteiger partial charge in [-0.05, 0) is 38.4 Å². The fraction of sp³-hybridized carbons (Fsp3) is 0.900. The van der Waals surface area contributed by atoms with Crippen molar-refractivity contribution in [3.8, 4) is 0 Å². The van der Waals surface area contributed by atoms with Crippen LogP contribution in [0.4, 0.5) is 0 Å². The van der Waals surface area contributed by atoms with E-state index in [-0.39, 0.29) is 11.3 Å². The van der Waals surface area contributed by atoms with E-state index >= 15 is 0 Å². The number of hydrogen-bond donors (Lipinski definition) is 1. The van der Waals surface area contributed by atoms with Crippen LogP contribution in [0.2, 0.25) is 0 Å². The van der Waals surface area contributed by atoms with Gasteiger partial charge in [0.25, 0.3) is 0 Å². The van der Waals surface area contributed by atoms with E-state index < -0.39 is 0 Å². The Labute approximate surface area is 95.6 Å². The SMILES string of the molecule is CNC(=O)C1(C)CCN(CCCN=[N+]=[N-])C1. The van der Waals surface area contributed by atoms with Crippen molar-refractivity contribution in [2.75, 3.05) is 33.2 Å². The largest absolute Gasteiger partial charge is 0.359 e. The molecule has 16 heavy (non-hydrogen) atoms. The number of nitrogens with one attached hydrogen (secondary N) is 1. The molecule has 90 valence electrons. The Kier molecular flexibility index (Phi) is 4.58. The van der Waals surface area contributed by atoms with Crippen molar-refractivity contribution in [3.63, 3.8) is 0 Å². The fourth-order valence-corrected chi connectivity index (χ4v) is 2.14. The molecular weight excluding hydrogens is 206 g/mol. The van der Waals surface area contributed by atoms with Crippen LogP contribution >= 0.6 is 0 Å². The van der Waals surface area contributed by atoms with Gasteiger partial charge >= 0.3 is 0 Å². The maximum absolute atomic E-state index is 11.7. The van der Waals surface area contributed by atoms with Gasteiger partial charge in [-0.3, -0.25) is 4.79 Å². The van der Waals surface area contributed by atoms with Crippen molar-refractivity contribution in [1.82, 2.24) is 10.2 Å². The minimum atomic E-state index is -0.257. The summed E-state index contributed by atoms with van der Waals surface area (Å²) >= 11 is 0. The average molecular weight is 225 g/mol. The number of carbonyl (C=O) groups excluding carboxylic acids is 1. The van der Waals surface area contributed by atoms with Gasteiger partial charge in [0.1, 0.15) is 0 Å². The Hall–Kier alpha value is -1.26. The number of likely N-dealkylation sites (tertiary alicyclic amines) is 1. The smallest absolute Gasteiger partial charge is 0.227 e. The second-order valence-corrected chi connectivity index (χ2v) is 4.47. The minimum Gasteiger partial charge on any atom is -0.359 e. The zero-order valence-electron chi connectivity index (χ0n) is 9.94. The number of carbonyl (C=O) groups is 1. The quantitative estimate of drug-likeness (QED) is 0.329. The Bertz CT molecular complexity index is 300. The number of rotatable bonds is 5. The third-order valence-electron chi connectivity index (χ3n) is 3.12. The first kappa shape index (κ1) is 12.8. The Morgan fingerprint density at radius 3 is 3.06 bits per heavy atom. The van der Waals surface area contributed by atoms with E-state index in [1.807, 2.05) is 6.92 Å². The van der Waals surface area contributed by atoms with Gasteiger partial charge in [-0.2, -0.15) is 0 Å². The maximum Gasteiger partial charge on any atom is 0.227 e. The molecule has 1 N–H and O–H groups in total. The molecule has 0 radical (unpaired) electrons. The van der Waals surface area contributed by atoms with E-state index in [0.29, 0.717) is 6.54 Å². The molecule has 0 saturated carbocycles. The molecule has 0 aromatic carbocycles. The second-order valence-electron chi connectivity index (χ2n) is 4.47. The summed E-state index contributed by atoms with van der Waals surface area (Å²) in [4.78, 5) is 16.6. The molecule has 1 unspecified atom stereocenters. The lowest BCUT2D eigenvalue weighted by Crippen LogP contribution is -2.39. The molecule has 1 saturated heterocycles. The standard InChI is InChI=1S/C10H19N5O/c1-10(9(16)12-2)4-7-15(8-10)6-3-5-13-14-11/h3-8H2,1-2H3,(H,12,16). The van der Waals surface area contributed by atoms with Crippen molar-refractivity contribution in [2.24, 2.45) is 10.5 Å². The molecule has 6 nitrogen and oxygen atoms in total. The van der Waals surface area contributed by atoms with Gasteiger partial charge in [0, 0.05) is 25.0 Å². The summed E-state index contributed by atoms with van der Waals surface area (Å²) in [5.74, 6) is 0.116. The summed E-state index contributed by atoms with van der Waals surface area (Å²) in [6.45, 7) is 5.16. The summed E-state index contributed by atoms with van der Waals surface area (Å²) in [5, 5.41) is 6.21. The summed E-state index contributed by atoms with van der Waals surface area (Å²) in [7, 11) is 1.68. The highest BCUT2D eigenvalue weighted by molar-refractivity contribution is 5.82. The van der Waals surface area contributed by atoms with Crippen LogP contribution in [-0.2, 0) is 4.79 Å². The molecule has 0 aliphatic carbocycles. The first-order chi connectivity index (χ1) is 7.62. The number of amides is 1. The lowest BCUT2D eigenvalue weighted by molar-refractivity contribution is -0.129. The zero-order valence-corrected chi connectivity index (χ0v) is 9.94. The van der Waals surface area contributed by atoms with Crippen molar-refractivity contribution in [3.05, 3.63) is 10.4 Å². The monoisotopic (exact) mass is 225 g/mol. The highest BCUT2D eigenvalue weighted by Gasteiger charge is 2.39. The van der Waals surface area contributed by atoms with Crippen LogP contribution in [0.3, 0.4) is 0 Å². The molecular formula is C10H19N5O. The summed E-state index contributed by atoms with van der Waals surface area (Å²) in [5.41, 5.74) is 7.88. The highest BCUT2D eigenvalue weighted by Crippen LogP contribution is 2.29. The molecule has 6 heteroatoms. The highest BCUT2D eigenvalue weighted by atomic mass is 16.2. The molecule has 1 aliphatic heterocycles. The van der Waals surface area contributed by atoms with Crippen LogP contribution in [0.25, 0.3) is 10.4 Å². The van der Waals surface area contributed by atoms with Gasteiger partial charge in [-0.25, -0.2) is 0 Å². The number of nitrogens with zero attached hydrogens (tertiary/aromatic N) is 4. The number of azide groups is 1. The molecule has 0 bridgehead atoms. The van der Waals surface area contributed by atoms with Crippen molar-refractivity contribution in [2.45, 2.75) is 19.8 Å². The van der Waals surface area contributed by atoms with E-state index in [9.17, 15) is 4.79 Å². The Morgan fingerprint density at radius 2 is 2.44 bits per heavy atom. The van der Waals surface area contributed by atoms with E-state index in [0.717, 1.165) is 32.5 Å². The Morgan fingerprint density at radius 1 is 1.69 bits per heavy atom. The lowest BCUT2D eigenvalue weighted by Gasteiger charge is -2.22. The summed E-state index contributed by atoms with van der Waals surface area (Å²) in [6, 6.07) is 0. The van der Waals surface area contributed by atoms with Crippen LogP contribution < -0.4 is 5.32 Å². The van der Waals surface area contributed by atoms with Crippen molar-refractivity contribution < 1.29 is 4.79 Å². The first-order valence-corrected chi connectivity index (χ1v) is 5.58. The van der Waals surface area contributed by atoms with Gasteiger partial charge < -0.3 is 10.2 Å². The maximum atomic E-state index is 11.7. The normalized spacial score (nSPS) is 25.1. The lowest BCUT2D eigenvalue weighted by atomic mass is 9.89. The molecule has 1 fully saturated rings. The van der Waals surface area contributed by atoms with Crippen LogP contribution in [-0.4, -0.2) is 44.0 Å².